The van der Waals surface area contributed by atoms with Crippen molar-refractivity contribution in [2.45, 2.75) is 37.5 Å². The molecule has 12 rings (SSSR count). The van der Waals surface area contributed by atoms with Gasteiger partial charge in [-0.25, -0.2) is 0 Å². The summed E-state index contributed by atoms with van der Waals surface area (Å²) in [4.78, 5) is 2.49. The predicted octanol–water partition coefficient (Wildman–Crippen LogP) is 12.3. The molecule has 4 fully saturated rings. The van der Waals surface area contributed by atoms with Crippen LogP contribution in [0.3, 0.4) is 0 Å². The summed E-state index contributed by atoms with van der Waals surface area (Å²) in [6.45, 7) is 0. The molecule has 1 heteroatoms. The number of anilines is 3. The number of nitrogens with zero attached hydrogens (tertiary/aromatic N) is 1. The Bertz CT molecular complexity index is 2370. The van der Waals surface area contributed by atoms with Gasteiger partial charge in [-0.15, -0.1) is 0 Å². The highest BCUT2D eigenvalue weighted by molar-refractivity contribution is 6.08. The molecule has 7 aromatic rings. The van der Waals surface area contributed by atoms with Gasteiger partial charge in [-0.1, -0.05) is 103 Å². The molecule has 4 saturated carbocycles. The average molecular weight is 604 g/mol. The van der Waals surface area contributed by atoms with Crippen LogP contribution < -0.4 is 4.90 Å². The van der Waals surface area contributed by atoms with E-state index >= 15 is 0 Å². The van der Waals surface area contributed by atoms with Crippen LogP contribution in [-0.4, -0.2) is 0 Å². The van der Waals surface area contributed by atoms with Crippen LogP contribution in [-0.2, 0) is 5.41 Å². The van der Waals surface area contributed by atoms with E-state index in [0.717, 1.165) is 23.7 Å². The summed E-state index contributed by atoms with van der Waals surface area (Å²) in [5.74, 6) is 3.46. The van der Waals surface area contributed by atoms with E-state index in [1.807, 2.05) is 0 Å². The minimum Gasteiger partial charge on any atom is -0.310 e. The maximum Gasteiger partial charge on any atom is 0.0468 e. The van der Waals surface area contributed by atoms with Crippen LogP contribution >= 0.6 is 0 Å². The zero-order valence-corrected chi connectivity index (χ0v) is 26.6. The van der Waals surface area contributed by atoms with Crippen LogP contribution in [0.5, 0.6) is 0 Å². The lowest BCUT2D eigenvalue weighted by molar-refractivity contribution is -0.0399. The van der Waals surface area contributed by atoms with Gasteiger partial charge in [0.2, 0.25) is 0 Å². The van der Waals surface area contributed by atoms with Gasteiger partial charge in [0.1, 0.15) is 0 Å². The van der Waals surface area contributed by atoms with Crippen LogP contribution in [0.1, 0.15) is 43.2 Å². The van der Waals surface area contributed by atoms with E-state index in [9.17, 15) is 0 Å². The van der Waals surface area contributed by atoms with Gasteiger partial charge in [0.15, 0.2) is 0 Å². The summed E-state index contributed by atoms with van der Waals surface area (Å²) in [6, 6.07) is 53.0. The maximum absolute atomic E-state index is 2.55. The lowest BCUT2D eigenvalue weighted by Crippen LogP contribution is -2.55. The van der Waals surface area contributed by atoms with Crippen molar-refractivity contribution >= 4 is 49.4 Å². The fraction of sp³-hybridized carbons (Fsp3) is 0.217. The highest BCUT2D eigenvalue weighted by atomic mass is 15.1. The average Bonchev–Trinajstić information content (AvgIpc) is 3.40. The van der Waals surface area contributed by atoms with Crippen molar-refractivity contribution in [1.82, 2.24) is 0 Å². The SMILES string of the molecule is c1ccc2c(c1)-c1cc(N(c3ccc4ccccc4c3)c3ccc4c(ccc5ccccc54)c3)ccc1C21C2CC3CC(C2)CC1C3. The second-order valence-corrected chi connectivity index (χ2v) is 15.0. The molecule has 0 heterocycles. The normalized spacial score (nSPS) is 25.1. The van der Waals surface area contributed by atoms with Crippen LogP contribution in [0.2, 0.25) is 0 Å². The molecule has 4 bridgehead atoms. The van der Waals surface area contributed by atoms with Crippen molar-refractivity contribution in [2.24, 2.45) is 23.7 Å². The Hall–Kier alpha value is -4.88. The highest BCUT2D eigenvalue weighted by Crippen LogP contribution is 2.69. The van der Waals surface area contributed by atoms with Gasteiger partial charge in [0.25, 0.3) is 0 Å². The predicted molar refractivity (Wildman–Crippen MR) is 197 cm³/mol. The smallest absolute Gasteiger partial charge is 0.0468 e. The molecule has 0 radical (unpaired) electrons. The molecule has 1 nitrogen and oxygen atoms in total. The van der Waals surface area contributed by atoms with Crippen molar-refractivity contribution in [2.75, 3.05) is 4.90 Å². The summed E-state index contributed by atoms with van der Waals surface area (Å²) < 4.78 is 0. The first-order chi connectivity index (χ1) is 23.2. The first kappa shape index (κ1) is 26.2. The van der Waals surface area contributed by atoms with E-state index in [4.69, 9.17) is 0 Å². The Morgan fingerprint density at radius 1 is 0.404 bits per heavy atom. The second kappa shape index (κ2) is 9.58. The third kappa shape index (κ3) is 3.61. The van der Waals surface area contributed by atoms with E-state index < -0.39 is 0 Å². The summed E-state index contributed by atoms with van der Waals surface area (Å²) in [7, 11) is 0. The van der Waals surface area contributed by atoms with Gasteiger partial charge in [-0.2, -0.15) is 0 Å². The van der Waals surface area contributed by atoms with Crippen molar-refractivity contribution in [3.05, 3.63) is 151 Å². The quantitative estimate of drug-likeness (QED) is 0.182. The molecule has 0 atom stereocenters. The molecule has 5 aliphatic rings. The highest BCUT2D eigenvalue weighted by Gasteiger charge is 2.61. The number of hydrogen-bond donors (Lipinski definition) is 0. The molecule has 0 unspecified atom stereocenters. The molecule has 47 heavy (non-hydrogen) atoms. The molecule has 0 amide bonds. The zero-order valence-electron chi connectivity index (χ0n) is 26.6. The number of rotatable bonds is 3. The molecule has 1 spiro atoms. The van der Waals surface area contributed by atoms with E-state index in [1.165, 1.54) is 92.6 Å². The number of benzene rings is 7. The summed E-state index contributed by atoms with van der Waals surface area (Å²) >= 11 is 0. The lowest BCUT2D eigenvalue weighted by atomic mass is 9.43. The molecule has 0 aromatic heterocycles. The van der Waals surface area contributed by atoms with Crippen molar-refractivity contribution in [1.29, 1.82) is 0 Å². The minimum absolute atomic E-state index is 0.190. The largest absolute Gasteiger partial charge is 0.310 e. The third-order valence-electron chi connectivity index (χ3n) is 12.8. The summed E-state index contributed by atoms with van der Waals surface area (Å²) in [5, 5.41) is 7.70. The lowest BCUT2D eigenvalue weighted by Gasteiger charge is -2.61. The van der Waals surface area contributed by atoms with Crippen LogP contribution in [0.15, 0.2) is 140 Å². The number of hydrogen-bond acceptors (Lipinski definition) is 1. The van der Waals surface area contributed by atoms with Gasteiger partial charge in [0, 0.05) is 22.5 Å². The molecule has 0 aliphatic heterocycles. The Kier molecular flexibility index (Phi) is 5.34. The first-order valence-corrected chi connectivity index (χ1v) is 17.7. The Morgan fingerprint density at radius 3 is 1.79 bits per heavy atom. The minimum atomic E-state index is 0.190. The van der Waals surface area contributed by atoms with Gasteiger partial charge in [0.05, 0.1) is 0 Å². The molecule has 226 valence electrons. The molecule has 5 aliphatic carbocycles. The van der Waals surface area contributed by atoms with Crippen LogP contribution in [0, 0.1) is 23.7 Å². The van der Waals surface area contributed by atoms with Crippen LogP contribution in [0.4, 0.5) is 17.1 Å². The second-order valence-electron chi connectivity index (χ2n) is 15.0. The molecule has 7 aromatic carbocycles. The fourth-order valence-corrected chi connectivity index (χ4v) is 11.2. The molecule has 0 saturated heterocycles. The van der Waals surface area contributed by atoms with Crippen molar-refractivity contribution in [3.8, 4) is 11.1 Å². The third-order valence-corrected chi connectivity index (χ3v) is 12.8. The zero-order chi connectivity index (χ0) is 30.7. The van der Waals surface area contributed by atoms with Gasteiger partial charge < -0.3 is 4.90 Å². The monoisotopic (exact) mass is 603 g/mol. The Balaban J connectivity index is 1.12. The molecular formula is C46H37N. The first-order valence-electron chi connectivity index (χ1n) is 17.7. The van der Waals surface area contributed by atoms with Crippen molar-refractivity contribution < 1.29 is 0 Å². The fourth-order valence-electron chi connectivity index (χ4n) is 11.2. The Morgan fingerprint density at radius 2 is 0.957 bits per heavy atom. The van der Waals surface area contributed by atoms with E-state index in [0.29, 0.717) is 0 Å². The van der Waals surface area contributed by atoms with E-state index in [1.54, 1.807) is 11.1 Å². The molecular weight excluding hydrogens is 567 g/mol. The van der Waals surface area contributed by atoms with Crippen molar-refractivity contribution in [3.63, 3.8) is 0 Å². The topological polar surface area (TPSA) is 3.24 Å². The van der Waals surface area contributed by atoms with Gasteiger partial charge in [-0.05, 0) is 147 Å². The Labute approximate surface area is 276 Å². The van der Waals surface area contributed by atoms with Gasteiger partial charge >= 0.3 is 0 Å². The summed E-state index contributed by atoms with van der Waals surface area (Å²) in [6.07, 6.45) is 7.14. The maximum atomic E-state index is 2.55. The summed E-state index contributed by atoms with van der Waals surface area (Å²) in [5.41, 5.74) is 9.97. The molecule has 0 N–H and O–H groups in total. The van der Waals surface area contributed by atoms with E-state index in [-0.39, 0.29) is 5.41 Å². The van der Waals surface area contributed by atoms with E-state index in [2.05, 4.69) is 144 Å². The van der Waals surface area contributed by atoms with Crippen LogP contribution in [0.25, 0.3) is 43.4 Å². The standard InChI is InChI=1S/C46H37N/c1-2-9-33-26-37(16-15-31(33)7-1)47(38-17-19-41-34(27-38)14-13-32-8-3-4-10-40(32)41)39-18-20-45-43(28-39)42-11-5-6-12-44(42)46(45)35-22-29-21-30(24-35)25-36(46)23-29/h1-20,26-30,35-36H,21-25H2. The number of fused-ring (bicyclic) bond motifs is 7. The van der Waals surface area contributed by atoms with Gasteiger partial charge in [-0.3, -0.25) is 0 Å².